The number of anilines is 1. The van der Waals surface area contributed by atoms with Crippen molar-refractivity contribution in [1.82, 2.24) is 4.90 Å². The summed E-state index contributed by atoms with van der Waals surface area (Å²) >= 11 is 1.78. The van der Waals surface area contributed by atoms with Gasteiger partial charge in [0.25, 0.3) is 0 Å². The largest absolute Gasteiger partial charge is 0.381 e. The van der Waals surface area contributed by atoms with Crippen LogP contribution in [-0.2, 0) is 6.54 Å². The molecule has 20 heavy (non-hydrogen) atoms. The third kappa shape index (κ3) is 4.32. The molecule has 0 aliphatic carbocycles. The highest BCUT2D eigenvalue weighted by Crippen LogP contribution is 2.15. The van der Waals surface area contributed by atoms with Gasteiger partial charge in [-0.25, -0.2) is 4.39 Å². The predicted octanol–water partition coefficient (Wildman–Crippen LogP) is 4.21. The fourth-order valence-corrected chi connectivity index (χ4v) is 2.79. The average molecular weight is 292 g/mol. The van der Waals surface area contributed by atoms with Crippen LogP contribution in [0.5, 0.6) is 0 Å². The van der Waals surface area contributed by atoms with Crippen molar-refractivity contribution in [2.24, 2.45) is 0 Å². The molecule has 0 aliphatic heterocycles. The molecule has 0 radical (unpaired) electrons. The maximum absolute atomic E-state index is 13.5. The van der Waals surface area contributed by atoms with Crippen molar-refractivity contribution in [3.8, 4) is 0 Å². The molecule has 1 heterocycles. The van der Waals surface area contributed by atoms with E-state index in [1.807, 2.05) is 6.07 Å². The molecule has 4 heteroatoms. The van der Waals surface area contributed by atoms with Gasteiger partial charge in [-0.05, 0) is 37.4 Å². The first-order chi connectivity index (χ1) is 9.66. The summed E-state index contributed by atoms with van der Waals surface area (Å²) in [4.78, 5) is 3.75. The maximum atomic E-state index is 13.5. The zero-order valence-corrected chi connectivity index (χ0v) is 12.8. The minimum Gasteiger partial charge on any atom is -0.381 e. The van der Waals surface area contributed by atoms with Crippen molar-refractivity contribution < 1.29 is 4.39 Å². The Labute approximate surface area is 124 Å². The summed E-state index contributed by atoms with van der Waals surface area (Å²) in [6.45, 7) is 6.97. The van der Waals surface area contributed by atoms with Gasteiger partial charge in [0.15, 0.2) is 0 Å². The zero-order chi connectivity index (χ0) is 14.4. The molecule has 0 saturated carbocycles. The van der Waals surface area contributed by atoms with E-state index in [9.17, 15) is 4.39 Å². The Hall–Kier alpha value is -1.39. The Bertz CT molecular complexity index is 511. The Morgan fingerprint density at radius 1 is 1.20 bits per heavy atom. The van der Waals surface area contributed by atoms with E-state index in [-0.39, 0.29) is 5.82 Å². The number of para-hydroxylation sites is 1. The summed E-state index contributed by atoms with van der Waals surface area (Å²) in [6, 6.07) is 11.5. The van der Waals surface area contributed by atoms with Gasteiger partial charge < -0.3 is 5.32 Å². The molecule has 0 aliphatic rings. The van der Waals surface area contributed by atoms with Crippen LogP contribution in [0.3, 0.4) is 0 Å². The highest BCUT2D eigenvalue weighted by atomic mass is 32.1. The van der Waals surface area contributed by atoms with Gasteiger partial charge in [-0.15, -0.1) is 11.3 Å². The monoisotopic (exact) mass is 292 g/mol. The summed E-state index contributed by atoms with van der Waals surface area (Å²) in [7, 11) is 0. The first-order valence-electron chi connectivity index (χ1n) is 6.91. The first-order valence-corrected chi connectivity index (χ1v) is 7.79. The van der Waals surface area contributed by atoms with E-state index < -0.39 is 0 Å². The molecule has 0 atom stereocenters. The molecule has 0 spiro atoms. The molecule has 0 unspecified atom stereocenters. The minimum atomic E-state index is -0.193. The number of nitrogens with one attached hydrogen (secondary N) is 1. The summed E-state index contributed by atoms with van der Waals surface area (Å²) in [6.07, 6.45) is 0. The predicted molar refractivity (Wildman–Crippen MR) is 84.8 cm³/mol. The molecule has 2 nitrogen and oxygen atoms in total. The van der Waals surface area contributed by atoms with Crippen molar-refractivity contribution >= 4 is 17.0 Å². The molecular formula is C16H21FN2S. The molecule has 1 N–H and O–H groups in total. The van der Waals surface area contributed by atoms with Crippen molar-refractivity contribution in [1.29, 1.82) is 0 Å². The first kappa shape index (κ1) is 15.0. The Morgan fingerprint density at radius 3 is 2.65 bits per heavy atom. The lowest BCUT2D eigenvalue weighted by Gasteiger charge is -2.26. The second-order valence-electron chi connectivity index (χ2n) is 5.05. The third-order valence-corrected chi connectivity index (χ3v) is 4.12. The smallest absolute Gasteiger partial charge is 0.146 e. The van der Waals surface area contributed by atoms with Gasteiger partial charge >= 0.3 is 0 Å². The van der Waals surface area contributed by atoms with E-state index in [2.05, 4.69) is 41.6 Å². The normalized spacial score (nSPS) is 11.2. The summed E-state index contributed by atoms with van der Waals surface area (Å²) in [5.74, 6) is -0.193. The summed E-state index contributed by atoms with van der Waals surface area (Å²) in [5.41, 5.74) is 0.576. The number of benzene rings is 1. The number of rotatable bonds is 7. The second-order valence-corrected chi connectivity index (χ2v) is 6.08. The highest BCUT2D eigenvalue weighted by Gasteiger charge is 2.10. The highest BCUT2D eigenvalue weighted by molar-refractivity contribution is 7.09. The molecular weight excluding hydrogens is 271 g/mol. The molecule has 1 aromatic carbocycles. The van der Waals surface area contributed by atoms with Gasteiger partial charge in [0, 0.05) is 30.6 Å². The van der Waals surface area contributed by atoms with Crippen molar-refractivity contribution in [3.05, 3.63) is 52.5 Å². The quantitative estimate of drug-likeness (QED) is 0.822. The number of hydrogen-bond donors (Lipinski definition) is 1. The van der Waals surface area contributed by atoms with Crippen LogP contribution in [0.1, 0.15) is 18.7 Å². The SMILES string of the molecule is CC(C)N(CCNc1ccccc1F)Cc1cccs1. The van der Waals surface area contributed by atoms with E-state index >= 15 is 0 Å². The Balaban J connectivity index is 1.85. The van der Waals surface area contributed by atoms with Gasteiger partial charge in [-0.3, -0.25) is 4.90 Å². The maximum Gasteiger partial charge on any atom is 0.146 e. The van der Waals surface area contributed by atoms with E-state index in [4.69, 9.17) is 0 Å². The molecule has 108 valence electrons. The number of nitrogens with zero attached hydrogens (tertiary/aromatic N) is 1. The molecule has 2 aromatic rings. The topological polar surface area (TPSA) is 15.3 Å². The van der Waals surface area contributed by atoms with Gasteiger partial charge in [-0.1, -0.05) is 18.2 Å². The minimum absolute atomic E-state index is 0.193. The Kier molecular flexibility index (Phi) is 5.56. The molecule has 0 saturated heterocycles. The van der Waals surface area contributed by atoms with Crippen LogP contribution in [0, 0.1) is 5.82 Å². The van der Waals surface area contributed by atoms with E-state index in [0.717, 1.165) is 19.6 Å². The number of thiophene rings is 1. The lowest BCUT2D eigenvalue weighted by Crippen LogP contribution is -2.34. The molecule has 0 fully saturated rings. The molecule has 0 bridgehead atoms. The Morgan fingerprint density at radius 2 is 2.00 bits per heavy atom. The summed E-state index contributed by atoms with van der Waals surface area (Å²) in [5, 5.41) is 5.27. The summed E-state index contributed by atoms with van der Waals surface area (Å²) < 4.78 is 13.5. The lowest BCUT2D eigenvalue weighted by atomic mass is 10.2. The van der Waals surface area contributed by atoms with Crippen LogP contribution in [-0.4, -0.2) is 24.0 Å². The number of halogens is 1. The molecule has 1 aromatic heterocycles. The molecule has 0 amide bonds. The lowest BCUT2D eigenvalue weighted by molar-refractivity contribution is 0.223. The number of hydrogen-bond acceptors (Lipinski definition) is 3. The van der Waals surface area contributed by atoms with E-state index in [1.165, 1.54) is 10.9 Å². The van der Waals surface area contributed by atoms with E-state index in [1.54, 1.807) is 23.5 Å². The van der Waals surface area contributed by atoms with Crippen molar-refractivity contribution in [2.75, 3.05) is 18.4 Å². The third-order valence-electron chi connectivity index (χ3n) is 3.26. The standard InChI is InChI=1S/C16H21FN2S/c1-13(2)19(12-14-6-5-11-20-14)10-9-18-16-8-4-3-7-15(16)17/h3-8,11,13,18H,9-10,12H2,1-2H3. The van der Waals surface area contributed by atoms with Crippen LogP contribution in [0.25, 0.3) is 0 Å². The van der Waals surface area contributed by atoms with Crippen molar-refractivity contribution in [2.45, 2.75) is 26.4 Å². The second kappa shape index (κ2) is 7.41. The van der Waals surface area contributed by atoms with Gasteiger partial charge in [0.2, 0.25) is 0 Å². The van der Waals surface area contributed by atoms with E-state index in [0.29, 0.717) is 11.7 Å². The van der Waals surface area contributed by atoms with Crippen molar-refractivity contribution in [3.63, 3.8) is 0 Å². The van der Waals surface area contributed by atoms with Crippen LogP contribution >= 0.6 is 11.3 Å². The van der Waals surface area contributed by atoms with Crippen LogP contribution in [0.15, 0.2) is 41.8 Å². The van der Waals surface area contributed by atoms with Crippen LogP contribution in [0.4, 0.5) is 10.1 Å². The average Bonchev–Trinajstić information content (AvgIpc) is 2.92. The fourth-order valence-electron chi connectivity index (χ4n) is 2.06. The van der Waals surface area contributed by atoms with Crippen LogP contribution < -0.4 is 5.32 Å². The zero-order valence-electron chi connectivity index (χ0n) is 12.0. The fraction of sp³-hybridized carbons (Fsp3) is 0.375. The van der Waals surface area contributed by atoms with Crippen LogP contribution in [0.2, 0.25) is 0 Å². The van der Waals surface area contributed by atoms with Gasteiger partial charge in [-0.2, -0.15) is 0 Å². The molecule has 2 rings (SSSR count). The van der Waals surface area contributed by atoms with Gasteiger partial charge in [0.05, 0.1) is 5.69 Å². The van der Waals surface area contributed by atoms with Gasteiger partial charge in [0.1, 0.15) is 5.82 Å².